The molecule has 14 heteroatoms. The fourth-order valence-electron chi connectivity index (χ4n) is 2.18. The van der Waals surface area contributed by atoms with Gasteiger partial charge in [-0.1, -0.05) is 11.6 Å². The number of nitro benzene ring substituents is 1. The number of rotatable bonds is 5. The van der Waals surface area contributed by atoms with Crippen LogP contribution >= 0.6 is 11.6 Å². The highest BCUT2D eigenvalue weighted by Crippen LogP contribution is 2.38. The number of nitrogens with zero attached hydrogens (tertiary/aromatic N) is 1. The summed E-state index contributed by atoms with van der Waals surface area (Å²) in [4.78, 5) is 8.06. The molecule has 2 rings (SSSR count). The van der Waals surface area contributed by atoms with E-state index in [0.29, 0.717) is 12.1 Å². The first-order chi connectivity index (χ1) is 12.6. The summed E-state index contributed by atoms with van der Waals surface area (Å²) in [5, 5.41) is 10.7. The third kappa shape index (κ3) is 4.72. The Morgan fingerprint density at radius 2 is 1.68 bits per heavy atom. The molecule has 0 unspecified atom stereocenters. The number of nitrogens with one attached hydrogen (secondary N) is 1. The maximum Gasteiger partial charge on any atom is 0.423 e. The molecule has 0 aromatic heterocycles. The number of anilines is 1. The summed E-state index contributed by atoms with van der Waals surface area (Å²) >= 11 is 5.73. The molecule has 0 aliphatic carbocycles. The Balaban J connectivity index is 2.62. The van der Waals surface area contributed by atoms with Crippen molar-refractivity contribution in [2.24, 2.45) is 0 Å². The molecule has 0 atom stereocenters. The van der Waals surface area contributed by atoms with Crippen LogP contribution in [0.15, 0.2) is 46.2 Å². The van der Waals surface area contributed by atoms with Crippen LogP contribution in [0.25, 0.3) is 0 Å². The number of nitro groups is 1. The van der Waals surface area contributed by atoms with Crippen LogP contribution in [0, 0.1) is 10.1 Å². The van der Waals surface area contributed by atoms with Crippen molar-refractivity contribution in [1.29, 1.82) is 0 Å². The smallest absolute Gasteiger partial charge is 0.278 e. The lowest BCUT2D eigenvalue weighted by Crippen LogP contribution is -2.17. The molecule has 1 N–H and O–H groups in total. The number of hydrogen-bond donors (Lipinski definition) is 1. The predicted octanol–water partition coefficient (Wildman–Crippen LogP) is 3.47. The Morgan fingerprint density at radius 1 is 1.07 bits per heavy atom. The number of sulfonamides is 1. The lowest BCUT2D eigenvalue weighted by molar-refractivity contribution is -0.388. The van der Waals surface area contributed by atoms with Gasteiger partial charge in [0.15, 0.2) is 9.84 Å². The number of hydrogen-bond acceptors (Lipinski definition) is 6. The van der Waals surface area contributed by atoms with Crippen molar-refractivity contribution in [3.05, 3.63) is 57.1 Å². The highest BCUT2D eigenvalue weighted by Gasteiger charge is 2.39. The van der Waals surface area contributed by atoms with E-state index in [4.69, 9.17) is 11.6 Å². The second kappa shape index (κ2) is 7.22. The van der Waals surface area contributed by atoms with Crippen LogP contribution in [0.3, 0.4) is 0 Å². The molecule has 8 nitrogen and oxygen atoms in total. The van der Waals surface area contributed by atoms with Gasteiger partial charge < -0.3 is 0 Å². The van der Waals surface area contributed by atoms with Crippen molar-refractivity contribution in [3.8, 4) is 0 Å². The summed E-state index contributed by atoms with van der Waals surface area (Å²) in [6, 6.07) is 4.25. The van der Waals surface area contributed by atoms with Crippen molar-refractivity contribution >= 4 is 42.8 Å². The van der Waals surface area contributed by atoms with Gasteiger partial charge in [-0.25, -0.2) is 16.8 Å². The minimum Gasteiger partial charge on any atom is -0.278 e. The van der Waals surface area contributed by atoms with E-state index in [0.717, 1.165) is 18.4 Å². The van der Waals surface area contributed by atoms with Gasteiger partial charge in [0.2, 0.25) is 0 Å². The molecule has 0 fully saturated rings. The van der Waals surface area contributed by atoms with E-state index in [1.807, 2.05) is 4.72 Å². The normalized spacial score (nSPS) is 12.6. The molecule has 0 bridgehead atoms. The van der Waals surface area contributed by atoms with Crippen LogP contribution in [-0.4, -0.2) is 28.0 Å². The molecule has 0 radical (unpaired) electrons. The van der Waals surface area contributed by atoms with Crippen LogP contribution in [0.1, 0.15) is 5.56 Å². The van der Waals surface area contributed by atoms with Gasteiger partial charge >= 0.3 is 6.18 Å². The van der Waals surface area contributed by atoms with E-state index in [1.54, 1.807) is 0 Å². The van der Waals surface area contributed by atoms with Gasteiger partial charge in [0, 0.05) is 17.3 Å². The quantitative estimate of drug-likeness (QED) is 0.540. The van der Waals surface area contributed by atoms with Crippen LogP contribution in [0.2, 0.25) is 5.02 Å². The largest absolute Gasteiger partial charge is 0.423 e. The summed E-state index contributed by atoms with van der Waals surface area (Å²) in [5.74, 6) is 0. The van der Waals surface area contributed by atoms with Crippen molar-refractivity contribution in [2.45, 2.75) is 16.0 Å². The molecular weight excluding hydrogens is 449 g/mol. The van der Waals surface area contributed by atoms with E-state index in [9.17, 15) is 40.1 Å². The first-order valence-electron chi connectivity index (χ1n) is 7.01. The van der Waals surface area contributed by atoms with E-state index in [1.165, 1.54) is 6.07 Å². The van der Waals surface area contributed by atoms with Gasteiger partial charge in [0.25, 0.3) is 15.7 Å². The summed E-state index contributed by atoms with van der Waals surface area (Å²) in [6.45, 7) is 0. The zero-order valence-corrected chi connectivity index (χ0v) is 16.1. The zero-order valence-electron chi connectivity index (χ0n) is 13.7. The highest BCUT2D eigenvalue weighted by atomic mass is 35.5. The molecule has 2 aromatic rings. The summed E-state index contributed by atoms with van der Waals surface area (Å²) in [5.41, 5.74) is -3.58. The minimum absolute atomic E-state index is 0.0372. The van der Waals surface area contributed by atoms with Crippen LogP contribution in [0.5, 0.6) is 0 Å². The molecule has 0 saturated heterocycles. The Labute approximate surface area is 162 Å². The van der Waals surface area contributed by atoms with Crippen LogP contribution in [-0.2, 0) is 26.0 Å². The monoisotopic (exact) mass is 458 g/mol. The first kappa shape index (κ1) is 21.9. The Kier molecular flexibility index (Phi) is 5.65. The van der Waals surface area contributed by atoms with E-state index >= 15 is 0 Å². The van der Waals surface area contributed by atoms with Gasteiger partial charge in [0.1, 0.15) is 5.56 Å². The predicted molar refractivity (Wildman–Crippen MR) is 93.5 cm³/mol. The van der Waals surface area contributed by atoms with Gasteiger partial charge in [-0.3, -0.25) is 14.8 Å². The van der Waals surface area contributed by atoms with Crippen molar-refractivity contribution in [1.82, 2.24) is 0 Å². The molecule has 0 spiro atoms. The molecule has 152 valence electrons. The van der Waals surface area contributed by atoms with Gasteiger partial charge in [-0.05, 0) is 30.3 Å². The number of alkyl halides is 3. The highest BCUT2D eigenvalue weighted by molar-refractivity contribution is 7.93. The second-order valence-corrected chi connectivity index (χ2v) is 9.55. The van der Waals surface area contributed by atoms with Crippen molar-refractivity contribution in [3.63, 3.8) is 0 Å². The molecule has 0 amide bonds. The van der Waals surface area contributed by atoms with E-state index in [-0.39, 0.29) is 11.1 Å². The SMILES string of the molecule is CS(=O)(=O)c1ccc(Cl)cc1NS(=O)(=O)c1ccc([N+](=O)[O-])c(C(F)(F)F)c1. The standard InChI is InChI=1S/C14H10ClF3N2O6S2/c1-27(23,24)13-5-2-8(15)6-11(13)19-28(25,26)9-3-4-12(20(21)22)10(7-9)14(16,17)18/h2-7,19H,1H3. The third-order valence-corrected chi connectivity index (χ3v) is 6.12. The number of benzene rings is 2. The van der Waals surface area contributed by atoms with E-state index < -0.39 is 57.7 Å². The number of sulfone groups is 1. The van der Waals surface area contributed by atoms with Gasteiger partial charge in [-0.2, -0.15) is 13.2 Å². The van der Waals surface area contributed by atoms with Crippen LogP contribution < -0.4 is 4.72 Å². The minimum atomic E-state index is -5.19. The summed E-state index contributed by atoms with van der Waals surface area (Å²) < 4.78 is 89.5. The molecule has 0 saturated carbocycles. The fourth-order valence-corrected chi connectivity index (χ4v) is 4.34. The maximum absolute atomic E-state index is 13.1. The van der Waals surface area contributed by atoms with Crippen molar-refractivity contribution < 1.29 is 34.9 Å². The fraction of sp³-hybridized carbons (Fsp3) is 0.143. The van der Waals surface area contributed by atoms with Gasteiger partial charge in [0.05, 0.1) is 20.4 Å². The first-order valence-corrected chi connectivity index (χ1v) is 10.8. The molecular formula is C14H10ClF3N2O6S2. The van der Waals surface area contributed by atoms with Crippen molar-refractivity contribution in [2.75, 3.05) is 11.0 Å². The third-order valence-electron chi connectivity index (χ3n) is 3.37. The maximum atomic E-state index is 13.1. The second-order valence-electron chi connectivity index (χ2n) is 5.45. The van der Waals surface area contributed by atoms with Crippen LogP contribution in [0.4, 0.5) is 24.5 Å². The summed E-state index contributed by atoms with van der Waals surface area (Å²) in [7, 11) is -8.64. The molecule has 0 aliphatic rings. The molecule has 0 aliphatic heterocycles. The topological polar surface area (TPSA) is 123 Å². The average Bonchev–Trinajstić information content (AvgIpc) is 2.51. The lowest BCUT2D eigenvalue weighted by atomic mass is 10.2. The molecule has 0 heterocycles. The van der Waals surface area contributed by atoms with E-state index in [2.05, 4.69) is 0 Å². The average molecular weight is 459 g/mol. The number of halogens is 4. The Bertz CT molecular complexity index is 1160. The summed E-state index contributed by atoms with van der Waals surface area (Å²) in [6.07, 6.45) is -4.40. The Hall–Kier alpha value is -2.38. The lowest BCUT2D eigenvalue weighted by Gasteiger charge is -2.14. The van der Waals surface area contributed by atoms with Gasteiger partial charge in [-0.15, -0.1) is 0 Å². The molecule has 28 heavy (non-hydrogen) atoms. The zero-order chi connectivity index (χ0) is 21.5. The molecule has 2 aromatic carbocycles. The Morgan fingerprint density at radius 3 is 2.18 bits per heavy atom.